The number of nitrogens with one attached hydrogen (secondary N) is 2. The van der Waals surface area contributed by atoms with Crippen molar-refractivity contribution in [1.82, 2.24) is 5.32 Å². The first-order chi connectivity index (χ1) is 12.5. The molecule has 0 heterocycles. The van der Waals surface area contributed by atoms with E-state index in [9.17, 15) is 4.79 Å². The van der Waals surface area contributed by atoms with Crippen LogP contribution in [0.2, 0.25) is 5.02 Å². The minimum atomic E-state index is 0.00987. The number of carbonyl (C=O) groups excluding carboxylic acids is 1. The molecule has 0 saturated heterocycles. The fourth-order valence-electron chi connectivity index (χ4n) is 2.51. The Morgan fingerprint density at radius 3 is 2.46 bits per heavy atom. The van der Waals surface area contributed by atoms with Gasteiger partial charge in [-0.25, -0.2) is 0 Å². The summed E-state index contributed by atoms with van der Waals surface area (Å²) in [5.74, 6) is 1.51. The highest BCUT2D eigenvalue weighted by Gasteiger charge is 2.08. The molecule has 0 spiro atoms. The molecule has 2 rings (SSSR count). The fraction of sp³-hybridized carbons (Fsp3) is 0.350. The zero-order valence-corrected chi connectivity index (χ0v) is 16.2. The molecule has 0 aromatic heterocycles. The molecule has 0 saturated carbocycles. The number of ether oxygens (including phenoxy) is 2. The lowest BCUT2D eigenvalue weighted by Crippen LogP contribution is -2.27. The van der Waals surface area contributed by atoms with Gasteiger partial charge >= 0.3 is 0 Å². The second-order valence-electron chi connectivity index (χ2n) is 5.93. The number of hydrogen-bond acceptors (Lipinski definition) is 4. The van der Waals surface area contributed by atoms with Crippen LogP contribution in [0.4, 0.5) is 5.69 Å². The van der Waals surface area contributed by atoms with E-state index in [1.807, 2.05) is 37.3 Å². The number of aryl methyl sites for hydroxylation is 1. The van der Waals surface area contributed by atoms with Gasteiger partial charge in [0.1, 0.15) is 11.5 Å². The molecular formula is C20H25ClN2O3. The molecular weight excluding hydrogens is 352 g/mol. The fourth-order valence-corrected chi connectivity index (χ4v) is 2.66. The molecule has 0 radical (unpaired) electrons. The molecule has 0 atom stereocenters. The Morgan fingerprint density at radius 1 is 1.08 bits per heavy atom. The highest BCUT2D eigenvalue weighted by molar-refractivity contribution is 6.31. The normalized spacial score (nSPS) is 10.3. The summed E-state index contributed by atoms with van der Waals surface area (Å²) in [5, 5.41) is 6.81. The molecule has 0 fully saturated rings. The third-order valence-electron chi connectivity index (χ3n) is 4.04. The van der Waals surface area contributed by atoms with Crippen LogP contribution in [-0.2, 0) is 11.2 Å². The number of anilines is 1. The zero-order chi connectivity index (χ0) is 18.9. The Labute approximate surface area is 159 Å². The number of benzene rings is 2. The van der Waals surface area contributed by atoms with E-state index in [1.54, 1.807) is 20.3 Å². The molecule has 0 unspecified atom stereocenters. The van der Waals surface area contributed by atoms with Crippen molar-refractivity contribution in [3.05, 3.63) is 52.5 Å². The zero-order valence-electron chi connectivity index (χ0n) is 15.4. The van der Waals surface area contributed by atoms with Crippen LogP contribution in [0.3, 0.4) is 0 Å². The second kappa shape index (κ2) is 9.92. The molecule has 5 nitrogen and oxygen atoms in total. The third-order valence-corrected chi connectivity index (χ3v) is 4.45. The molecule has 0 aliphatic carbocycles. The average molecular weight is 377 g/mol. The first-order valence-electron chi connectivity index (χ1n) is 8.51. The number of hydrogen-bond donors (Lipinski definition) is 2. The van der Waals surface area contributed by atoms with Gasteiger partial charge < -0.3 is 20.1 Å². The van der Waals surface area contributed by atoms with Gasteiger partial charge in [0.15, 0.2) is 0 Å². The summed E-state index contributed by atoms with van der Waals surface area (Å²) >= 11 is 6.09. The van der Waals surface area contributed by atoms with E-state index in [1.165, 1.54) is 0 Å². The van der Waals surface area contributed by atoms with E-state index >= 15 is 0 Å². The molecule has 2 aromatic carbocycles. The van der Waals surface area contributed by atoms with Gasteiger partial charge in [-0.05, 0) is 42.7 Å². The maximum Gasteiger partial charge on any atom is 0.221 e. The average Bonchev–Trinajstić information content (AvgIpc) is 2.65. The lowest BCUT2D eigenvalue weighted by atomic mass is 10.1. The lowest BCUT2D eigenvalue weighted by molar-refractivity contribution is -0.120. The van der Waals surface area contributed by atoms with Gasteiger partial charge in [0.2, 0.25) is 5.91 Å². The van der Waals surface area contributed by atoms with Gasteiger partial charge in [-0.2, -0.15) is 0 Å². The smallest absolute Gasteiger partial charge is 0.221 e. The van der Waals surface area contributed by atoms with Gasteiger partial charge in [-0.15, -0.1) is 0 Å². The van der Waals surface area contributed by atoms with Gasteiger partial charge in [-0.1, -0.05) is 23.7 Å². The van der Waals surface area contributed by atoms with Crippen LogP contribution in [0, 0.1) is 6.92 Å². The Bertz CT molecular complexity index is 733. The molecule has 0 aliphatic rings. The van der Waals surface area contributed by atoms with Crippen LogP contribution in [0.5, 0.6) is 11.5 Å². The Hall–Kier alpha value is -2.40. The first-order valence-corrected chi connectivity index (χ1v) is 8.89. The number of methoxy groups -OCH3 is 2. The van der Waals surface area contributed by atoms with Gasteiger partial charge in [0.05, 0.1) is 19.9 Å². The molecule has 0 aliphatic heterocycles. The van der Waals surface area contributed by atoms with E-state index in [-0.39, 0.29) is 5.91 Å². The predicted molar refractivity (Wildman–Crippen MR) is 106 cm³/mol. The van der Waals surface area contributed by atoms with Crippen LogP contribution in [0.25, 0.3) is 0 Å². The summed E-state index contributed by atoms with van der Waals surface area (Å²) in [6, 6.07) is 11.5. The van der Waals surface area contributed by atoms with Gasteiger partial charge in [0.25, 0.3) is 0 Å². The Morgan fingerprint density at radius 2 is 1.81 bits per heavy atom. The monoisotopic (exact) mass is 376 g/mol. The van der Waals surface area contributed by atoms with E-state index < -0.39 is 0 Å². The summed E-state index contributed by atoms with van der Waals surface area (Å²) in [6.45, 7) is 3.05. The van der Waals surface area contributed by atoms with Crippen molar-refractivity contribution in [3.63, 3.8) is 0 Å². The van der Waals surface area contributed by atoms with Crippen LogP contribution < -0.4 is 20.1 Å². The van der Waals surface area contributed by atoms with E-state index in [2.05, 4.69) is 10.6 Å². The Balaban J connectivity index is 1.72. The Kier molecular flexibility index (Phi) is 7.60. The van der Waals surface area contributed by atoms with Crippen LogP contribution in [-0.4, -0.2) is 33.2 Å². The minimum absolute atomic E-state index is 0.00987. The quantitative estimate of drug-likeness (QED) is 0.698. The molecule has 6 heteroatoms. The van der Waals surface area contributed by atoms with Crippen LogP contribution in [0.15, 0.2) is 36.4 Å². The van der Waals surface area contributed by atoms with Crippen molar-refractivity contribution < 1.29 is 14.3 Å². The van der Waals surface area contributed by atoms with Gasteiger partial charge in [0, 0.05) is 30.6 Å². The van der Waals surface area contributed by atoms with Crippen molar-refractivity contribution in [2.45, 2.75) is 19.8 Å². The molecule has 0 bridgehead atoms. The highest BCUT2D eigenvalue weighted by atomic mass is 35.5. The number of rotatable bonds is 9. The van der Waals surface area contributed by atoms with E-state index in [0.717, 1.165) is 29.0 Å². The van der Waals surface area contributed by atoms with Crippen molar-refractivity contribution in [1.29, 1.82) is 0 Å². The molecule has 140 valence electrons. The summed E-state index contributed by atoms with van der Waals surface area (Å²) < 4.78 is 10.4. The van der Waals surface area contributed by atoms with E-state index in [4.69, 9.17) is 21.1 Å². The second-order valence-corrected chi connectivity index (χ2v) is 6.33. The first kappa shape index (κ1) is 19.9. The van der Waals surface area contributed by atoms with Crippen LogP contribution >= 0.6 is 11.6 Å². The highest BCUT2D eigenvalue weighted by Crippen LogP contribution is 2.30. The largest absolute Gasteiger partial charge is 0.497 e. The van der Waals surface area contributed by atoms with Gasteiger partial charge in [-0.3, -0.25) is 4.79 Å². The maximum absolute atomic E-state index is 12.0. The molecule has 26 heavy (non-hydrogen) atoms. The number of carbonyl (C=O) groups is 1. The summed E-state index contributed by atoms with van der Waals surface area (Å²) in [7, 11) is 3.24. The SMILES string of the molecule is COc1ccc(CCNC(=O)CCNc2cc(C)c(Cl)cc2OC)cc1. The third kappa shape index (κ3) is 5.85. The van der Waals surface area contributed by atoms with Crippen molar-refractivity contribution in [3.8, 4) is 11.5 Å². The maximum atomic E-state index is 12.0. The number of amides is 1. The van der Waals surface area contributed by atoms with Crippen molar-refractivity contribution >= 4 is 23.2 Å². The molecule has 2 N–H and O–H groups in total. The standard InChI is InChI=1S/C20H25ClN2O3/c1-14-12-18(19(26-3)13-17(14)21)22-11-9-20(24)23-10-8-15-4-6-16(25-2)7-5-15/h4-7,12-13,22H,8-11H2,1-3H3,(H,23,24). The summed E-state index contributed by atoms with van der Waals surface area (Å²) in [5.41, 5.74) is 2.95. The van der Waals surface area contributed by atoms with Crippen molar-refractivity contribution in [2.75, 3.05) is 32.6 Å². The summed E-state index contributed by atoms with van der Waals surface area (Å²) in [6.07, 6.45) is 1.17. The lowest BCUT2D eigenvalue weighted by Gasteiger charge is -2.13. The van der Waals surface area contributed by atoms with Crippen LogP contribution in [0.1, 0.15) is 17.5 Å². The molecule has 1 amide bonds. The van der Waals surface area contributed by atoms with E-state index in [0.29, 0.717) is 30.3 Å². The molecule has 2 aromatic rings. The summed E-state index contributed by atoms with van der Waals surface area (Å²) in [4.78, 5) is 12.0. The topological polar surface area (TPSA) is 59.6 Å². The number of halogens is 1. The van der Waals surface area contributed by atoms with Crippen molar-refractivity contribution in [2.24, 2.45) is 0 Å². The predicted octanol–water partition coefficient (Wildman–Crippen LogP) is 3.83. The minimum Gasteiger partial charge on any atom is -0.497 e.